The standard InChI is InChI=1S/C18H22N6O3/c25-15-7-6-12(11-24(15)13-4-1-2-5-13)18(26)21-10-14-22-17(23-27-14)16-19-8-3-9-20-16/h3,8-9,12-13H,1-2,4-7,10-11H2,(H,21,26). The molecular formula is C18H22N6O3. The molecule has 1 N–H and O–H groups in total. The Morgan fingerprint density at radius 3 is 2.74 bits per heavy atom. The molecule has 3 heterocycles. The molecule has 1 saturated carbocycles. The van der Waals surface area contributed by atoms with Crippen molar-refractivity contribution in [3.8, 4) is 11.6 Å². The third-order valence-electron chi connectivity index (χ3n) is 5.23. The molecule has 2 aromatic rings. The maximum absolute atomic E-state index is 12.6. The summed E-state index contributed by atoms with van der Waals surface area (Å²) < 4.78 is 5.16. The fourth-order valence-corrected chi connectivity index (χ4v) is 3.79. The predicted molar refractivity (Wildman–Crippen MR) is 93.9 cm³/mol. The van der Waals surface area contributed by atoms with Gasteiger partial charge >= 0.3 is 0 Å². The molecule has 142 valence electrons. The van der Waals surface area contributed by atoms with Gasteiger partial charge in [0.25, 0.3) is 0 Å². The van der Waals surface area contributed by atoms with Crippen LogP contribution in [0.4, 0.5) is 0 Å². The average Bonchev–Trinajstić information content (AvgIpc) is 3.39. The van der Waals surface area contributed by atoms with Crippen LogP contribution >= 0.6 is 0 Å². The van der Waals surface area contributed by atoms with Crippen molar-refractivity contribution in [2.75, 3.05) is 6.54 Å². The zero-order valence-corrected chi connectivity index (χ0v) is 15.0. The summed E-state index contributed by atoms with van der Waals surface area (Å²) in [5.41, 5.74) is 0. The topological polar surface area (TPSA) is 114 Å². The summed E-state index contributed by atoms with van der Waals surface area (Å²) in [6.07, 6.45) is 8.64. The van der Waals surface area contributed by atoms with Crippen LogP contribution < -0.4 is 5.32 Å². The number of carbonyl (C=O) groups excluding carboxylic acids is 2. The van der Waals surface area contributed by atoms with Crippen molar-refractivity contribution >= 4 is 11.8 Å². The van der Waals surface area contributed by atoms with Crippen LogP contribution in [-0.4, -0.2) is 49.4 Å². The van der Waals surface area contributed by atoms with Gasteiger partial charge in [-0.15, -0.1) is 0 Å². The molecule has 27 heavy (non-hydrogen) atoms. The highest BCUT2D eigenvalue weighted by Crippen LogP contribution is 2.28. The first-order valence-corrected chi connectivity index (χ1v) is 9.38. The molecule has 1 atom stereocenters. The summed E-state index contributed by atoms with van der Waals surface area (Å²) in [5.74, 6) is 0.859. The third-order valence-corrected chi connectivity index (χ3v) is 5.23. The van der Waals surface area contributed by atoms with Crippen molar-refractivity contribution in [1.82, 2.24) is 30.3 Å². The number of hydrogen-bond donors (Lipinski definition) is 1. The number of hydrogen-bond acceptors (Lipinski definition) is 7. The largest absolute Gasteiger partial charge is 0.347 e. The van der Waals surface area contributed by atoms with Crippen LogP contribution in [0.5, 0.6) is 0 Å². The second kappa shape index (κ2) is 7.81. The summed E-state index contributed by atoms with van der Waals surface area (Å²) in [5, 5.41) is 6.68. The number of aromatic nitrogens is 4. The van der Waals surface area contributed by atoms with E-state index >= 15 is 0 Å². The van der Waals surface area contributed by atoms with E-state index in [2.05, 4.69) is 25.4 Å². The summed E-state index contributed by atoms with van der Waals surface area (Å²) in [6, 6.07) is 2.01. The molecule has 1 saturated heterocycles. The highest BCUT2D eigenvalue weighted by molar-refractivity contribution is 5.84. The van der Waals surface area contributed by atoms with Gasteiger partial charge in [-0.1, -0.05) is 18.0 Å². The third kappa shape index (κ3) is 3.96. The maximum atomic E-state index is 12.6. The Hall–Kier alpha value is -2.84. The van der Waals surface area contributed by atoms with E-state index < -0.39 is 0 Å². The monoisotopic (exact) mass is 370 g/mol. The first-order valence-electron chi connectivity index (χ1n) is 9.38. The van der Waals surface area contributed by atoms with Crippen molar-refractivity contribution in [2.24, 2.45) is 5.92 Å². The van der Waals surface area contributed by atoms with Crippen molar-refractivity contribution in [3.05, 3.63) is 24.4 Å². The van der Waals surface area contributed by atoms with Gasteiger partial charge < -0.3 is 14.7 Å². The molecule has 2 fully saturated rings. The quantitative estimate of drug-likeness (QED) is 0.844. The molecule has 0 bridgehead atoms. The molecule has 2 amide bonds. The lowest BCUT2D eigenvalue weighted by atomic mass is 9.95. The molecule has 0 aromatic carbocycles. The Balaban J connectivity index is 1.33. The van der Waals surface area contributed by atoms with Crippen molar-refractivity contribution in [2.45, 2.75) is 51.1 Å². The van der Waals surface area contributed by atoms with Gasteiger partial charge in [0.15, 0.2) is 0 Å². The van der Waals surface area contributed by atoms with E-state index in [0.717, 1.165) is 25.7 Å². The van der Waals surface area contributed by atoms with Gasteiger partial charge in [0.05, 0.1) is 12.5 Å². The summed E-state index contributed by atoms with van der Waals surface area (Å²) in [7, 11) is 0. The summed E-state index contributed by atoms with van der Waals surface area (Å²) in [4.78, 5) is 39.0. The number of piperidine rings is 1. The molecule has 2 aromatic heterocycles. The molecule has 4 rings (SSSR count). The SMILES string of the molecule is O=C(NCc1nc(-c2ncccn2)no1)C1CCC(=O)N(C2CCCC2)C1. The van der Waals surface area contributed by atoms with E-state index in [-0.39, 0.29) is 30.1 Å². The number of carbonyl (C=O) groups is 2. The average molecular weight is 370 g/mol. The van der Waals surface area contributed by atoms with E-state index in [9.17, 15) is 9.59 Å². The molecular weight excluding hydrogens is 348 g/mol. The second-order valence-corrected chi connectivity index (χ2v) is 7.02. The van der Waals surface area contributed by atoms with Gasteiger partial charge in [0, 0.05) is 31.4 Å². The minimum atomic E-state index is -0.192. The molecule has 0 spiro atoms. The highest BCUT2D eigenvalue weighted by atomic mass is 16.5. The molecule has 1 aliphatic heterocycles. The first-order chi connectivity index (χ1) is 13.2. The van der Waals surface area contributed by atoms with E-state index in [0.29, 0.717) is 37.1 Å². The number of likely N-dealkylation sites (tertiary alicyclic amines) is 1. The van der Waals surface area contributed by atoms with Crippen LogP contribution in [-0.2, 0) is 16.1 Å². The molecule has 2 aliphatic rings. The van der Waals surface area contributed by atoms with Gasteiger partial charge in [-0.05, 0) is 25.3 Å². The zero-order valence-electron chi connectivity index (χ0n) is 15.0. The Morgan fingerprint density at radius 2 is 1.96 bits per heavy atom. The number of nitrogens with one attached hydrogen (secondary N) is 1. The molecule has 9 heteroatoms. The molecule has 0 radical (unpaired) electrons. The van der Waals surface area contributed by atoms with Gasteiger partial charge in [-0.25, -0.2) is 9.97 Å². The lowest BCUT2D eigenvalue weighted by molar-refractivity contribution is -0.140. The van der Waals surface area contributed by atoms with E-state index in [1.807, 2.05) is 4.90 Å². The smallest absolute Gasteiger partial charge is 0.246 e. The van der Waals surface area contributed by atoms with Gasteiger partial charge in [-0.3, -0.25) is 9.59 Å². The van der Waals surface area contributed by atoms with Gasteiger partial charge in [0.2, 0.25) is 29.4 Å². The predicted octanol–water partition coefficient (Wildman–Crippen LogP) is 1.32. The second-order valence-electron chi connectivity index (χ2n) is 7.02. The van der Waals surface area contributed by atoms with E-state index in [1.165, 1.54) is 0 Å². The Morgan fingerprint density at radius 1 is 1.19 bits per heavy atom. The van der Waals surface area contributed by atoms with Crippen LogP contribution in [0, 0.1) is 5.92 Å². The van der Waals surface area contributed by atoms with Crippen LogP contribution in [0.2, 0.25) is 0 Å². The number of amides is 2. The first kappa shape index (κ1) is 17.6. The maximum Gasteiger partial charge on any atom is 0.246 e. The van der Waals surface area contributed by atoms with Gasteiger partial charge in [-0.2, -0.15) is 4.98 Å². The Labute approximate surface area is 156 Å². The molecule has 1 aliphatic carbocycles. The van der Waals surface area contributed by atoms with Crippen LogP contribution in [0.1, 0.15) is 44.4 Å². The normalized spacial score (nSPS) is 20.8. The highest BCUT2D eigenvalue weighted by Gasteiger charge is 2.35. The number of rotatable bonds is 5. The van der Waals surface area contributed by atoms with Crippen molar-refractivity contribution in [1.29, 1.82) is 0 Å². The van der Waals surface area contributed by atoms with Gasteiger partial charge in [0.1, 0.15) is 0 Å². The van der Waals surface area contributed by atoms with Crippen molar-refractivity contribution in [3.63, 3.8) is 0 Å². The minimum Gasteiger partial charge on any atom is -0.347 e. The Kier molecular flexibility index (Phi) is 5.08. The zero-order chi connectivity index (χ0) is 18.6. The van der Waals surface area contributed by atoms with Crippen molar-refractivity contribution < 1.29 is 14.1 Å². The fraction of sp³-hybridized carbons (Fsp3) is 0.556. The fourth-order valence-electron chi connectivity index (χ4n) is 3.79. The van der Waals surface area contributed by atoms with E-state index in [4.69, 9.17) is 4.52 Å². The minimum absolute atomic E-state index is 0.0822. The lowest BCUT2D eigenvalue weighted by Gasteiger charge is -2.36. The molecule has 1 unspecified atom stereocenters. The number of nitrogens with zero attached hydrogens (tertiary/aromatic N) is 5. The van der Waals surface area contributed by atoms with Crippen LogP contribution in [0.25, 0.3) is 11.6 Å². The molecule has 9 nitrogen and oxygen atoms in total. The Bertz CT molecular complexity index is 802. The van der Waals surface area contributed by atoms with Crippen LogP contribution in [0.3, 0.4) is 0 Å². The van der Waals surface area contributed by atoms with E-state index in [1.54, 1.807) is 18.5 Å². The van der Waals surface area contributed by atoms with Crippen LogP contribution in [0.15, 0.2) is 23.0 Å². The summed E-state index contributed by atoms with van der Waals surface area (Å²) in [6.45, 7) is 0.648. The lowest BCUT2D eigenvalue weighted by Crippen LogP contribution is -2.49. The summed E-state index contributed by atoms with van der Waals surface area (Å²) >= 11 is 0.